The maximum Gasteiger partial charge on any atom is 0.391 e. The van der Waals surface area contributed by atoms with Crippen molar-refractivity contribution in [3.63, 3.8) is 0 Å². The van der Waals surface area contributed by atoms with E-state index < -0.39 is 18.7 Å². The van der Waals surface area contributed by atoms with Crippen molar-refractivity contribution in [2.24, 2.45) is 0 Å². The molecular formula is C8H8ClF3OS. The summed E-state index contributed by atoms with van der Waals surface area (Å²) in [6.07, 6.45) is -6.88. The summed E-state index contributed by atoms with van der Waals surface area (Å²) in [4.78, 5) is 0.659. The molecule has 6 heteroatoms. The Labute approximate surface area is 88.1 Å². The van der Waals surface area contributed by atoms with Gasteiger partial charge in [-0.25, -0.2) is 0 Å². The van der Waals surface area contributed by atoms with Crippen molar-refractivity contribution >= 4 is 22.9 Å². The van der Waals surface area contributed by atoms with Crippen molar-refractivity contribution in [3.05, 3.63) is 21.3 Å². The Morgan fingerprint density at radius 2 is 2.07 bits per heavy atom. The van der Waals surface area contributed by atoms with E-state index in [1.807, 2.05) is 0 Å². The molecule has 0 aliphatic carbocycles. The van der Waals surface area contributed by atoms with Gasteiger partial charge in [0, 0.05) is 11.3 Å². The van der Waals surface area contributed by atoms with Gasteiger partial charge in [-0.3, -0.25) is 0 Å². The number of aliphatic hydroxyl groups is 1. The zero-order valence-corrected chi connectivity index (χ0v) is 8.59. The molecule has 1 N–H and O–H groups in total. The molecule has 1 heterocycles. The number of rotatable bonds is 3. The number of alkyl halides is 3. The molecule has 80 valence electrons. The van der Waals surface area contributed by atoms with Crippen LogP contribution in [0.4, 0.5) is 13.2 Å². The van der Waals surface area contributed by atoms with Crippen LogP contribution >= 0.6 is 22.9 Å². The van der Waals surface area contributed by atoms with Crippen LogP contribution in [0, 0.1) is 0 Å². The second-order valence-electron chi connectivity index (χ2n) is 2.88. The first-order chi connectivity index (χ1) is 6.37. The molecule has 0 saturated carbocycles. The van der Waals surface area contributed by atoms with E-state index in [2.05, 4.69) is 0 Å². The molecular weight excluding hydrogens is 237 g/mol. The average Bonchev–Trinajstić information content (AvgIpc) is 2.30. The summed E-state index contributed by atoms with van der Waals surface area (Å²) in [5.74, 6) is 0. The summed E-state index contributed by atoms with van der Waals surface area (Å²) in [7, 11) is 0. The second kappa shape index (κ2) is 4.51. The molecule has 1 rings (SSSR count). The van der Waals surface area contributed by atoms with Crippen molar-refractivity contribution in [1.82, 2.24) is 0 Å². The minimum Gasteiger partial charge on any atom is -0.392 e. The molecule has 0 amide bonds. The molecule has 0 radical (unpaired) electrons. The van der Waals surface area contributed by atoms with Gasteiger partial charge < -0.3 is 5.11 Å². The van der Waals surface area contributed by atoms with E-state index in [9.17, 15) is 13.2 Å². The third-order valence-corrected chi connectivity index (χ3v) is 2.79. The molecule has 0 aliphatic rings. The van der Waals surface area contributed by atoms with Gasteiger partial charge in [0.2, 0.25) is 0 Å². The summed E-state index contributed by atoms with van der Waals surface area (Å²) in [5.41, 5.74) is 0. The fourth-order valence-corrected chi connectivity index (χ4v) is 2.19. The summed E-state index contributed by atoms with van der Waals surface area (Å²) in [5, 5.41) is 9.09. The molecule has 1 atom stereocenters. The lowest BCUT2D eigenvalue weighted by molar-refractivity contribution is -0.153. The lowest BCUT2D eigenvalue weighted by atomic mass is 10.1. The van der Waals surface area contributed by atoms with Crippen molar-refractivity contribution in [2.75, 3.05) is 0 Å². The zero-order valence-electron chi connectivity index (χ0n) is 7.01. The third-order valence-electron chi connectivity index (χ3n) is 1.53. The van der Waals surface area contributed by atoms with Gasteiger partial charge in [-0.15, -0.1) is 11.3 Å². The normalized spacial score (nSPS) is 14.4. The topological polar surface area (TPSA) is 20.2 Å². The third kappa shape index (κ3) is 4.30. The molecule has 0 aromatic carbocycles. The Hall–Kier alpha value is -0.260. The number of halogens is 4. The first-order valence-electron chi connectivity index (χ1n) is 3.86. The van der Waals surface area contributed by atoms with Crippen LogP contribution in [0.5, 0.6) is 0 Å². The van der Waals surface area contributed by atoms with E-state index in [-0.39, 0.29) is 6.42 Å². The van der Waals surface area contributed by atoms with Crippen molar-refractivity contribution < 1.29 is 18.3 Å². The fraction of sp³-hybridized carbons (Fsp3) is 0.500. The van der Waals surface area contributed by atoms with Gasteiger partial charge in [-0.2, -0.15) is 13.2 Å². The minimum absolute atomic E-state index is 0.00308. The Bertz CT molecular complexity index is 297. The molecule has 0 saturated heterocycles. The van der Waals surface area contributed by atoms with Gasteiger partial charge in [-0.1, -0.05) is 11.6 Å². The maximum absolute atomic E-state index is 11.8. The second-order valence-corrected chi connectivity index (χ2v) is 4.68. The molecule has 1 aromatic rings. The highest BCUT2D eigenvalue weighted by molar-refractivity contribution is 7.16. The van der Waals surface area contributed by atoms with Crippen LogP contribution in [0.25, 0.3) is 0 Å². The molecule has 1 aromatic heterocycles. The van der Waals surface area contributed by atoms with E-state index in [0.717, 1.165) is 0 Å². The Kier molecular flexibility index (Phi) is 3.80. The quantitative estimate of drug-likeness (QED) is 0.865. The SMILES string of the molecule is OC(Cc1ccc(Cl)s1)CC(F)(F)F. The predicted octanol–water partition coefficient (Wildman–Crippen LogP) is 3.26. The van der Waals surface area contributed by atoms with E-state index in [1.54, 1.807) is 12.1 Å². The highest BCUT2D eigenvalue weighted by atomic mass is 35.5. The number of thiophene rings is 1. The first kappa shape index (κ1) is 11.8. The van der Waals surface area contributed by atoms with Gasteiger partial charge >= 0.3 is 6.18 Å². The van der Waals surface area contributed by atoms with E-state index in [4.69, 9.17) is 16.7 Å². The Balaban J connectivity index is 2.45. The maximum atomic E-state index is 11.8. The summed E-state index contributed by atoms with van der Waals surface area (Å²) < 4.78 is 36.0. The number of hydrogen-bond donors (Lipinski definition) is 1. The Morgan fingerprint density at radius 1 is 1.43 bits per heavy atom. The lowest BCUT2D eigenvalue weighted by Gasteiger charge is -2.11. The van der Waals surface area contributed by atoms with Crippen LogP contribution in [0.15, 0.2) is 12.1 Å². The molecule has 0 spiro atoms. The number of hydrogen-bond acceptors (Lipinski definition) is 2. The van der Waals surface area contributed by atoms with Crippen LogP contribution in [-0.2, 0) is 6.42 Å². The predicted molar refractivity (Wildman–Crippen MR) is 49.7 cm³/mol. The molecule has 0 aliphatic heterocycles. The number of aliphatic hydroxyl groups excluding tert-OH is 1. The van der Waals surface area contributed by atoms with Gasteiger partial charge in [0.1, 0.15) is 0 Å². The van der Waals surface area contributed by atoms with Crippen molar-refractivity contribution in [1.29, 1.82) is 0 Å². The van der Waals surface area contributed by atoms with E-state index >= 15 is 0 Å². The van der Waals surface area contributed by atoms with E-state index in [1.165, 1.54) is 11.3 Å². The molecule has 1 unspecified atom stereocenters. The van der Waals surface area contributed by atoms with Gasteiger partial charge in [0.15, 0.2) is 0 Å². The molecule has 0 fully saturated rings. The first-order valence-corrected chi connectivity index (χ1v) is 5.05. The highest BCUT2D eigenvalue weighted by Gasteiger charge is 2.31. The van der Waals surface area contributed by atoms with Crippen molar-refractivity contribution in [3.8, 4) is 0 Å². The lowest BCUT2D eigenvalue weighted by Crippen LogP contribution is -2.20. The average molecular weight is 245 g/mol. The van der Waals surface area contributed by atoms with Crippen LogP contribution in [-0.4, -0.2) is 17.4 Å². The monoisotopic (exact) mass is 244 g/mol. The van der Waals surface area contributed by atoms with Crippen molar-refractivity contribution in [2.45, 2.75) is 25.1 Å². The van der Waals surface area contributed by atoms with Crippen LogP contribution in [0.2, 0.25) is 4.34 Å². The minimum atomic E-state index is -4.32. The van der Waals surface area contributed by atoms with Gasteiger partial charge in [-0.05, 0) is 12.1 Å². The summed E-state index contributed by atoms with van der Waals surface area (Å²) in [6.45, 7) is 0. The summed E-state index contributed by atoms with van der Waals surface area (Å²) >= 11 is 6.77. The molecule has 14 heavy (non-hydrogen) atoms. The molecule has 0 bridgehead atoms. The standard InChI is InChI=1S/C8H8ClF3OS/c9-7-2-1-6(14-7)3-5(13)4-8(10,11)12/h1-2,5,13H,3-4H2. The Morgan fingerprint density at radius 3 is 2.50 bits per heavy atom. The smallest absolute Gasteiger partial charge is 0.391 e. The van der Waals surface area contributed by atoms with Crippen LogP contribution in [0.3, 0.4) is 0 Å². The zero-order chi connectivity index (χ0) is 10.8. The van der Waals surface area contributed by atoms with Gasteiger partial charge in [0.05, 0.1) is 16.9 Å². The largest absolute Gasteiger partial charge is 0.392 e. The van der Waals surface area contributed by atoms with Gasteiger partial charge in [0.25, 0.3) is 0 Å². The van der Waals surface area contributed by atoms with Crippen LogP contribution < -0.4 is 0 Å². The molecule has 1 nitrogen and oxygen atoms in total. The van der Waals surface area contributed by atoms with E-state index in [0.29, 0.717) is 9.21 Å². The summed E-state index contributed by atoms with van der Waals surface area (Å²) in [6, 6.07) is 3.22. The fourth-order valence-electron chi connectivity index (χ4n) is 1.03. The van der Waals surface area contributed by atoms with Crippen LogP contribution in [0.1, 0.15) is 11.3 Å². The highest BCUT2D eigenvalue weighted by Crippen LogP contribution is 2.26.